The molecule has 0 aliphatic heterocycles. The topological polar surface area (TPSA) is 77.2 Å². The lowest BCUT2D eigenvalue weighted by atomic mass is 10.2. The normalized spacial score (nSPS) is 11.2. The van der Waals surface area contributed by atoms with Crippen molar-refractivity contribution in [3.8, 4) is 0 Å². The minimum atomic E-state index is -0.415. The average Bonchev–Trinajstić information content (AvgIpc) is 3.17. The lowest BCUT2D eigenvalue weighted by molar-refractivity contribution is -0.688. The van der Waals surface area contributed by atoms with E-state index in [0.717, 1.165) is 16.5 Å². The SMILES string of the molecule is O=C(/C=C/c1ccc[n+](Cc2ccc([N+](=O)[O-])cc2)c1)c1cc2ccccc2o1. The van der Waals surface area contributed by atoms with Crippen LogP contribution in [0.1, 0.15) is 21.7 Å². The van der Waals surface area contributed by atoms with Crippen LogP contribution >= 0.6 is 0 Å². The zero-order chi connectivity index (χ0) is 20.2. The molecule has 2 heterocycles. The molecule has 0 aliphatic rings. The highest BCUT2D eigenvalue weighted by Gasteiger charge is 2.10. The number of carbonyl (C=O) groups is 1. The van der Waals surface area contributed by atoms with E-state index in [-0.39, 0.29) is 11.5 Å². The largest absolute Gasteiger partial charge is 0.453 e. The lowest BCUT2D eigenvalue weighted by Crippen LogP contribution is -2.33. The molecule has 0 amide bonds. The molecule has 0 radical (unpaired) electrons. The number of hydrogen-bond donors (Lipinski definition) is 0. The molecule has 0 saturated carbocycles. The van der Waals surface area contributed by atoms with Crippen LogP contribution in [0, 0.1) is 10.1 Å². The Balaban J connectivity index is 1.47. The number of carbonyl (C=O) groups excluding carboxylic acids is 1. The van der Waals surface area contributed by atoms with Crippen molar-refractivity contribution < 1.29 is 18.7 Å². The first-order valence-corrected chi connectivity index (χ1v) is 9.02. The molecule has 4 rings (SSSR count). The number of allylic oxidation sites excluding steroid dienone is 1. The molecule has 0 fully saturated rings. The number of ketones is 1. The Morgan fingerprint density at radius 1 is 1.07 bits per heavy atom. The number of fused-ring (bicyclic) bond motifs is 1. The van der Waals surface area contributed by atoms with Crippen molar-refractivity contribution in [2.75, 3.05) is 0 Å². The quantitative estimate of drug-likeness (QED) is 0.160. The summed E-state index contributed by atoms with van der Waals surface area (Å²) in [4.78, 5) is 22.7. The van der Waals surface area contributed by atoms with Crippen molar-refractivity contribution in [3.63, 3.8) is 0 Å². The minimum Gasteiger partial charge on any atom is -0.453 e. The van der Waals surface area contributed by atoms with Crippen molar-refractivity contribution in [1.82, 2.24) is 0 Å². The minimum absolute atomic E-state index is 0.0690. The zero-order valence-electron chi connectivity index (χ0n) is 15.4. The monoisotopic (exact) mass is 385 g/mol. The third-order valence-electron chi connectivity index (χ3n) is 4.49. The summed E-state index contributed by atoms with van der Waals surface area (Å²) >= 11 is 0. The smallest absolute Gasteiger partial charge is 0.269 e. The van der Waals surface area contributed by atoms with E-state index in [0.29, 0.717) is 17.9 Å². The van der Waals surface area contributed by atoms with E-state index >= 15 is 0 Å². The van der Waals surface area contributed by atoms with Gasteiger partial charge in [-0.15, -0.1) is 0 Å². The fourth-order valence-electron chi connectivity index (χ4n) is 3.03. The summed E-state index contributed by atoms with van der Waals surface area (Å²) in [6.07, 6.45) is 7.04. The Morgan fingerprint density at radius 2 is 1.86 bits per heavy atom. The van der Waals surface area contributed by atoms with Crippen LogP contribution in [0.5, 0.6) is 0 Å². The summed E-state index contributed by atoms with van der Waals surface area (Å²) in [6, 6.07) is 19.5. The van der Waals surface area contributed by atoms with Crippen molar-refractivity contribution in [3.05, 3.63) is 112 Å². The van der Waals surface area contributed by atoms with Gasteiger partial charge in [-0.3, -0.25) is 14.9 Å². The van der Waals surface area contributed by atoms with Gasteiger partial charge in [0.05, 0.1) is 4.92 Å². The van der Waals surface area contributed by atoms with Crippen LogP contribution < -0.4 is 4.57 Å². The molecule has 29 heavy (non-hydrogen) atoms. The molecule has 0 spiro atoms. The van der Waals surface area contributed by atoms with E-state index in [4.69, 9.17) is 4.42 Å². The molecule has 0 N–H and O–H groups in total. The van der Waals surface area contributed by atoms with Gasteiger partial charge in [0.25, 0.3) is 5.69 Å². The predicted octanol–water partition coefficient (Wildman–Crippen LogP) is 4.57. The maximum atomic E-state index is 12.4. The van der Waals surface area contributed by atoms with Crippen LogP contribution in [0.2, 0.25) is 0 Å². The number of benzene rings is 2. The maximum Gasteiger partial charge on any atom is 0.269 e. The van der Waals surface area contributed by atoms with Crippen molar-refractivity contribution in [2.24, 2.45) is 0 Å². The molecular weight excluding hydrogens is 368 g/mol. The molecular formula is C23H17N2O4+. The Morgan fingerprint density at radius 3 is 2.62 bits per heavy atom. The molecule has 6 heteroatoms. The number of nitro groups is 1. The standard InChI is InChI=1S/C23H17N2O4/c26-21(23-14-19-5-1-2-6-22(19)29-23)12-9-17-4-3-13-24(15-17)16-18-7-10-20(11-8-18)25(27)28/h1-15H,16H2/q+1/b12-9+. The molecule has 2 aromatic carbocycles. The van der Waals surface area contributed by atoms with Crippen LogP contribution in [-0.2, 0) is 6.54 Å². The summed E-state index contributed by atoms with van der Waals surface area (Å²) in [5, 5.41) is 11.6. The zero-order valence-corrected chi connectivity index (χ0v) is 15.4. The first-order chi connectivity index (χ1) is 14.1. The third-order valence-corrected chi connectivity index (χ3v) is 4.49. The van der Waals surface area contributed by atoms with E-state index in [1.54, 1.807) is 24.3 Å². The van der Waals surface area contributed by atoms with E-state index < -0.39 is 4.92 Å². The number of para-hydroxylation sites is 1. The molecule has 0 atom stereocenters. The van der Waals surface area contributed by atoms with Crippen LogP contribution in [0.15, 0.2) is 89.6 Å². The number of non-ortho nitro benzene ring substituents is 1. The van der Waals surface area contributed by atoms with Gasteiger partial charge in [-0.05, 0) is 42.5 Å². The molecule has 0 saturated heterocycles. The van der Waals surface area contributed by atoms with Crippen LogP contribution in [0.25, 0.3) is 17.0 Å². The number of furan rings is 1. The van der Waals surface area contributed by atoms with Gasteiger partial charge >= 0.3 is 0 Å². The van der Waals surface area contributed by atoms with E-state index in [9.17, 15) is 14.9 Å². The van der Waals surface area contributed by atoms with E-state index in [1.807, 2.05) is 53.4 Å². The second-order valence-electron chi connectivity index (χ2n) is 6.58. The van der Waals surface area contributed by atoms with Gasteiger partial charge in [0.15, 0.2) is 24.7 Å². The summed E-state index contributed by atoms with van der Waals surface area (Å²) in [7, 11) is 0. The summed E-state index contributed by atoms with van der Waals surface area (Å²) < 4.78 is 7.54. The Labute approximate surface area is 166 Å². The van der Waals surface area contributed by atoms with Crippen LogP contribution in [-0.4, -0.2) is 10.7 Å². The molecule has 4 aromatic rings. The fraction of sp³-hybridized carbons (Fsp3) is 0.0435. The van der Waals surface area contributed by atoms with Crippen LogP contribution in [0.3, 0.4) is 0 Å². The van der Waals surface area contributed by atoms with Gasteiger partial charge in [-0.1, -0.05) is 18.2 Å². The maximum absolute atomic E-state index is 12.4. The van der Waals surface area contributed by atoms with Gasteiger partial charge in [0, 0.05) is 34.7 Å². The molecule has 6 nitrogen and oxygen atoms in total. The molecule has 0 aliphatic carbocycles. The van der Waals surface area contributed by atoms with Crippen LogP contribution in [0.4, 0.5) is 5.69 Å². The van der Waals surface area contributed by atoms with Gasteiger partial charge < -0.3 is 4.42 Å². The Bertz CT molecular complexity index is 1190. The van der Waals surface area contributed by atoms with Crippen molar-refractivity contribution >= 4 is 28.5 Å². The van der Waals surface area contributed by atoms with E-state index in [1.165, 1.54) is 18.2 Å². The fourth-order valence-corrected chi connectivity index (χ4v) is 3.03. The number of nitro benzene ring substituents is 1. The number of hydrogen-bond acceptors (Lipinski definition) is 4. The van der Waals surface area contributed by atoms with Crippen molar-refractivity contribution in [1.29, 1.82) is 0 Å². The van der Waals surface area contributed by atoms with Gasteiger partial charge in [-0.2, -0.15) is 0 Å². The Kier molecular flexibility index (Phi) is 4.99. The highest BCUT2D eigenvalue weighted by molar-refractivity contribution is 6.06. The lowest BCUT2D eigenvalue weighted by Gasteiger charge is -1.99. The summed E-state index contributed by atoms with van der Waals surface area (Å²) in [5.74, 6) is 0.101. The highest BCUT2D eigenvalue weighted by atomic mass is 16.6. The molecule has 0 bridgehead atoms. The van der Waals surface area contributed by atoms with Gasteiger partial charge in [0.2, 0.25) is 5.78 Å². The number of pyridine rings is 1. The van der Waals surface area contributed by atoms with Gasteiger partial charge in [0.1, 0.15) is 5.58 Å². The molecule has 142 valence electrons. The number of rotatable bonds is 6. The van der Waals surface area contributed by atoms with Crippen molar-refractivity contribution in [2.45, 2.75) is 6.54 Å². The van der Waals surface area contributed by atoms with Gasteiger partial charge in [-0.25, -0.2) is 4.57 Å². The van der Waals surface area contributed by atoms with E-state index in [2.05, 4.69) is 0 Å². The Hall–Kier alpha value is -4.06. The summed E-state index contributed by atoms with van der Waals surface area (Å²) in [6.45, 7) is 0.567. The number of aromatic nitrogens is 1. The summed E-state index contributed by atoms with van der Waals surface area (Å²) in [5.41, 5.74) is 2.56. The predicted molar refractivity (Wildman–Crippen MR) is 108 cm³/mol. The average molecular weight is 385 g/mol. The first-order valence-electron chi connectivity index (χ1n) is 9.02. The second kappa shape index (κ2) is 7.90. The second-order valence-corrected chi connectivity index (χ2v) is 6.58. The molecule has 0 unspecified atom stereocenters. The highest BCUT2D eigenvalue weighted by Crippen LogP contribution is 2.19. The third kappa shape index (κ3) is 4.27. The molecule has 2 aromatic heterocycles. The first kappa shape index (κ1) is 18.3. The number of nitrogens with zero attached hydrogens (tertiary/aromatic N) is 2.